The molecule has 2 aromatic rings. The molecule has 0 radical (unpaired) electrons. The molecule has 2 rings (SSSR count). The Morgan fingerprint density at radius 2 is 2.00 bits per heavy atom. The highest BCUT2D eigenvalue weighted by Crippen LogP contribution is 2.21. The average Bonchev–Trinajstić information content (AvgIpc) is 2.82. The van der Waals surface area contributed by atoms with E-state index in [4.69, 9.17) is 20.8 Å². The van der Waals surface area contributed by atoms with Crippen LogP contribution in [-0.2, 0) is 0 Å². The van der Waals surface area contributed by atoms with Gasteiger partial charge in [0, 0.05) is 5.56 Å². The van der Waals surface area contributed by atoms with Crippen molar-refractivity contribution in [1.29, 1.82) is 0 Å². The van der Waals surface area contributed by atoms with Crippen molar-refractivity contribution in [3.63, 3.8) is 0 Å². The third-order valence-corrected chi connectivity index (χ3v) is 2.74. The van der Waals surface area contributed by atoms with Crippen LogP contribution in [0.3, 0.4) is 0 Å². The number of halogens is 1. The van der Waals surface area contributed by atoms with Crippen LogP contribution < -0.4 is 4.74 Å². The van der Waals surface area contributed by atoms with Gasteiger partial charge in [-0.15, -0.1) is 0 Å². The van der Waals surface area contributed by atoms with Gasteiger partial charge in [0.2, 0.25) is 5.22 Å². The minimum absolute atomic E-state index is 0.117. The molecule has 1 aromatic heterocycles. The Labute approximate surface area is 110 Å². The molecule has 0 aliphatic rings. The van der Waals surface area contributed by atoms with Crippen LogP contribution in [-0.4, -0.2) is 12.4 Å². The Kier molecular flexibility index (Phi) is 4.05. The Bertz CT molecular complexity index is 528. The van der Waals surface area contributed by atoms with Gasteiger partial charge in [-0.05, 0) is 48.4 Å². The Balaban J connectivity index is 2.15. The lowest BCUT2D eigenvalue weighted by Crippen LogP contribution is -2.01. The van der Waals surface area contributed by atoms with E-state index in [-0.39, 0.29) is 11.0 Å². The second kappa shape index (κ2) is 5.74. The van der Waals surface area contributed by atoms with E-state index < -0.39 is 0 Å². The Morgan fingerprint density at radius 1 is 1.28 bits per heavy atom. The molecule has 0 N–H and O–H groups in total. The van der Waals surface area contributed by atoms with Crippen molar-refractivity contribution < 1.29 is 13.9 Å². The molecule has 0 atom stereocenters. The fourth-order valence-electron chi connectivity index (χ4n) is 1.53. The summed E-state index contributed by atoms with van der Waals surface area (Å²) >= 11 is 5.77. The van der Waals surface area contributed by atoms with Crippen LogP contribution in [0.2, 0.25) is 5.22 Å². The van der Waals surface area contributed by atoms with Crippen LogP contribution in [0.5, 0.6) is 5.75 Å². The molecule has 4 heteroatoms. The third kappa shape index (κ3) is 2.74. The number of hydrogen-bond donors (Lipinski definition) is 0. The minimum atomic E-state index is -0.157. The van der Waals surface area contributed by atoms with Gasteiger partial charge in [0.05, 0.1) is 18.4 Å². The van der Waals surface area contributed by atoms with E-state index >= 15 is 0 Å². The number of furan rings is 1. The maximum Gasteiger partial charge on any atom is 0.204 e. The molecule has 94 valence electrons. The highest BCUT2D eigenvalue weighted by Gasteiger charge is 2.14. The van der Waals surface area contributed by atoms with Crippen molar-refractivity contribution in [2.75, 3.05) is 6.61 Å². The van der Waals surface area contributed by atoms with Gasteiger partial charge < -0.3 is 9.15 Å². The summed E-state index contributed by atoms with van der Waals surface area (Å²) in [6, 6.07) is 8.55. The summed E-state index contributed by atoms with van der Waals surface area (Å²) in [6.45, 7) is 2.71. The third-order valence-electron chi connectivity index (χ3n) is 2.45. The minimum Gasteiger partial charge on any atom is -0.494 e. The first-order valence-electron chi connectivity index (χ1n) is 5.73. The van der Waals surface area contributed by atoms with Gasteiger partial charge in [0.25, 0.3) is 0 Å². The SMILES string of the molecule is CCCOc1ccc(C(=O)c2ccoc2Cl)cc1. The number of rotatable bonds is 5. The van der Waals surface area contributed by atoms with E-state index in [9.17, 15) is 4.79 Å². The molecule has 0 bridgehead atoms. The monoisotopic (exact) mass is 264 g/mol. The summed E-state index contributed by atoms with van der Waals surface area (Å²) in [7, 11) is 0. The second-order valence-corrected chi connectivity index (χ2v) is 4.15. The maximum atomic E-state index is 12.1. The zero-order chi connectivity index (χ0) is 13.0. The van der Waals surface area contributed by atoms with Crippen molar-refractivity contribution in [2.45, 2.75) is 13.3 Å². The van der Waals surface area contributed by atoms with E-state index in [0.29, 0.717) is 17.7 Å². The summed E-state index contributed by atoms with van der Waals surface area (Å²) in [5.74, 6) is 0.600. The highest BCUT2D eigenvalue weighted by atomic mass is 35.5. The van der Waals surface area contributed by atoms with E-state index in [2.05, 4.69) is 0 Å². The van der Waals surface area contributed by atoms with Crippen molar-refractivity contribution in [3.05, 3.63) is 52.9 Å². The predicted molar refractivity (Wildman–Crippen MR) is 69.4 cm³/mol. The largest absolute Gasteiger partial charge is 0.494 e. The first-order valence-corrected chi connectivity index (χ1v) is 6.10. The van der Waals surface area contributed by atoms with Crippen LogP contribution in [0.15, 0.2) is 41.0 Å². The van der Waals surface area contributed by atoms with Gasteiger partial charge >= 0.3 is 0 Å². The Morgan fingerprint density at radius 3 is 2.56 bits per heavy atom. The first kappa shape index (κ1) is 12.7. The molecule has 0 aliphatic carbocycles. The number of hydrogen-bond acceptors (Lipinski definition) is 3. The standard InChI is InChI=1S/C14H13ClO3/c1-2-8-17-11-5-3-10(4-6-11)13(16)12-7-9-18-14(12)15/h3-7,9H,2,8H2,1H3. The van der Waals surface area contributed by atoms with Crippen molar-refractivity contribution in [3.8, 4) is 5.75 Å². The molecule has 1 heterocycles. The first-order chi connectivity index (χ1) is 8.72. The molecule has 1 aromatic carbocycles. The number of ketones is 1. The molecule has 3 nitrogen and oxygen atoms in total. The van der Waals surface area contributed by atoms with Crippen molar-refractivity contribution in [2.24, 2.45) is 0 Å². The lowest BCUT2D eigenvalue weighted by molar-refractivity contribution is 0.103. The van der Waals surface area contributed by atoms with Crippen molar-refractivity contribution >= 4 is 17.4 Å². The number of benzene rings is 1. The zero-order valence-electron chi connectivity index (χ0n) is 9.98. The number of ether oxygens (including phenoxy) is 1. The summed E-state index contributed by atoms with van der Waals surface area (Å²) in [4.78, 5) is 12.1. The van der Waals surface area contributed by atoms with Gasteiger partial charge in [-0.1, -0.05) is 6.92 Å². The molecule has 0 aliphatic heterocycles. The summed E-state index contributed by atoms with van der Waals surface area (Å²) < 4.78 is 10.4. The van der Waals surface area contributed by atoms with Gasteiger partial charge in [-0.3, -0.25) is 4.79 Å². The van der Waals surface area contributed by atoms with Gasteiger partial charge in [-0.2, -0.15) is 0 Å². The smallest absolute Gasteiger partial charge is 0.204 e. The lowest BCUT2D eigenvalue weighted by Gasteiger charge is -2.05. The van der Waals surface area contributed by atoms with E-state index in [1.165, 1.54) is 6.26 Å². The fourth-order valence-corrected chi connectivity index (χ4v) is 1.73. The van der Waals surface area contributed by atoms with Crippen LogP contribution in [0, 0.1) is 0 Å². The van der Waals surface area contributed by atoms with Gasteiger partial charge in [-0.25, -0.2) is 0 Å². The lowest BCUT2D eigenvalue weighted by atomic mass is 10.1. The van der Waals surface area contributed by atoms with Crippen LogP contribution in [0.25, 0.3) is 0 Å². The molecule has 0 saturated heterocycles. The fraction of sp³-hybridized carbons (Fsp3) is 0.214. The molecular weight excluding hydrogens is 252 g/mol. The van der Waals surface area contributed by atoms with Crippen molar-refractivity contribution in [1.82, 2.24) is 0 Å². The number of carbonyl (C=O) groups excluding carboxylic acids is 1. The van der Waals surface area contributed by atoms with E-state index in [1.54, 1.807) is 30.3 Å². The highest BCUT2D eigenvalue weighted by molar-refractivity contribution is 6.33. The molecule has 0 unspecified atom stereocenters. The summed E-state index contributed by atoms with van der Waals surface area (Å²) in [6.07, 6.45) is 2.35. The average molecular weight is 265 g/mol. The molecule has 0 amide bonds. The van der Waals surface area contributed by atoms with Crippen LogP contribution >= 0.6 is 11.6 Å². The normalized spacial score (nSPS) is 10.3. The predicted octanol–water partition coefficient (Wildman–Crippen LogP) is 3.95. The summed E-state index contributed by atoms with van der Waals surface area (Å²) in [5, 5.41) is 0.117. The Hall–Kier alpha value is -1.74. The van der Waals surface area contributed by atoms with Crippen LogP contribution in [0.1, 0.15) is 29.3 Å². The molecule has 0 fully saturated rings. The molecule has 0 spiro atoms. The number of carbonyl (C=O) groups is 1. The second-order valence-electron chi connectivity index (χ2n) is 3.81. The summed E-state index contributed by atoms with van der Waals surface area (Å²) in [5.41, 5.74) is 0.932. The maximum absolute atomic E-state index is 12.1. The zero-order valence-corrected chi connectivity index (χ0v) is 10.7. The molecule has 0 saturated carbocycles. The van der Waals surface area contributed by atoms with E-state index in [0.717, 1.165) is 12.2 Å². The van der Waals surface area contributed by atoms with E-state index in [1.807, 2.05) is 6.92 Å². The molecular formula is C14H13ClO3. The topological polar surface area (TPSA) is 39.4 Å². The van der Waals surface area contributed by atoms with Gasteiger partial charge in [0.15, 0.2) is 5.78 Å². The quantitative estimate of drug-likeness (QED) is 0.768. The van der Waals surface area contributed by atoms with Gasteiger partial charge in [0.1, 0.15) is 5.75 Å². The van der Waals surface area contributed by atoms with Crippen LogP contribution in [0.4, 0.5) is 0 Å². The molecule has 18 heavy (non-hydrogen) atoms.